The van der Waals surface area contributed by atoms with Gasteiger partial charge in [0.2, 0.25) is 11.0 Å². The van der Waals surface area contributed by atoms with E-state index in [2.05, 4.69) is 16.9 Å². The van der Waals surface area contributed by atoms with Crippen molar-refractivity contribution in [3.8, 4) is 0 Å². The van der Waals surface area contributed by atoms with E-state index in [9.17, 15) is 9.59 Å². The summed E-state index contributed by atoms with van der Waals surface area (Å²) in [5, 5.41) is 3.64. The Balaban J connectivity index is 1.68. The van der Waals surface area contributed by atoms with Crippen molar-refractivity contribution in [1.82, 2.24) is 14.9 Å². The van der Waals surface area contributed by atoms with Gasteiger partial charge >= 0.3 is 0 Å². The zero-order valence-electron chi connectivity index (χ0n) is 12.5. The van der Waals surface area contributed by atoms with E-state index in [1.165, 1.54) is 23.5 Å². The number of hydrogen-bond acceptors (Lipinski definition) is 5. The van der Waals surface area contributed by atoms with E-state index in [1.807, 2.05) is 34.9 Å². The second-order valence-electron chi connectivity index (χ2n) is 5.15. The van der Waals surface area contributed by atoms with Crippen molar-refractivity contribution in [2.24, 2.45) is 0 Å². The number of allylic oxidation sites excluding steroid dienone is 1. The number of para-hydroxylation sites is 2. The van der Waals surface area contributed by atoms with Gasteiger partial charge in [0.15, 0.2) is 5.16 Å². The van der Waals surface area contributed by atoms with Crippen LogP contribution in [0.15, 0.2) is 42.1 Å². The molecule has 1 fully saturated rings. The molecule has 1 atom stereocenters. The normalized spacial score (nSPS) is 17.6. The maximum absolute atomic E-state index is 12.1. The zero-order valence-corrected chi connectivity index (χ0v) is 14.2. The summed E-state index contributed by atoms with van der Waals surface area (Å²) in [7, 11) is 0. The van der Waals surface area contributed by atoms with Crippen molar-refractivity contribution < 1.29 is 9.59 Å². The lowest BCUT2D eigenvalue weighted by Gasteiger charge is -2.10. The Bertz CT molecular complexity index is 757. The van der Waals surface area contributed by atoms with Gasteiger partial charge < -0.3 is 9.88 Å². The van der Waals surface area contributed by atoms with Gasteiger partial charge in [-0.05, 0) is 18.6 Å². The van der Waals surface area contributed by atoms with Crippen LogP contribution in [0.4, 0.5) is 0 Å². The highest BCUT2D eigenvalue weighted by atomic mass is 32.2. The Morgan fingerprint density at radius 2 is 2.35 bits per heavy atom. The molecular formula is C16H17N3O2S2. The van der Waals surface area contributed by atoms with Crippen LogP contribution >= 0.6 is 23.5 Å². The number of carbonyl (C=O) groups excluding carboxylic acids is 2. The number of imidazole rings is 1. The lowest BCUT2D eigenvalue weighted by Crippen LogP contribution is -2.38. The maximum Gasteiger partial charge on any atom is 0.231 e. The Morgan fingerprint density at radius 3 is 3.09 bits per heavy atom. The molecule has 1 amide bonds. The van der Waals surface area contributed by atoms with Gasteiger partial charge in [0, 0.05) is 12.3 Å². The summed E-state index contributed by atoms with van der Waals surface area (Å²) in [4.78, 5) is 28.2. The van der Waals surface area contributed by atoms with E-state index in [0.29, 0.717) is 6.54 Å². The Labute approximate surface area is 142 Å². The fourth-order valence-corrected chi connectivity index (χ4v) is 4.23. The summed E-state index contributed by atoms with van der Waals surface area (Å²) in [5.41, 5.74) is 1.93. The second kappa shape index (κ2) is 7.23. The molecule has 1 aliphatic heterocycles. The summed E-state index contributed by atoms with van der Waals surface area (Å²) in [5.74, 6) is 0.897. The number of nitrogens with one attached hydrogen (secondary N) is 1. The molecule has 3 rings (SSSR count). The SMILES string of the molecule is C=CCn1c(SCC(=O)NC2CCSC2=O)nc2ccccc21. The first-order chi connectivity index (χ1) is 11.2. The molecule has 0 radical (unpaired) electrons. The van der Waals surface area contributed by atoms with Crippen LogP contribution in [-0.4, -0.2) is 38.1 Å². The summed E-state index contributed by atoms with van der Waals surface area (Å²) in [6.45, 7) is 4.42. The van der Waals surface area contributed by atoms with Crippen molar-refractivity contribution in [2.45, 2.75) is 24.2 Å². The van der Waals surface area contributed by atoms with Crippen molar-refractivity contribution in [3.63, 3.8) is 0 Å². The van der Waals surface area contributed by atoms with Gasteiger partial charge in [0.25, 0.3) is 0 Å². The van der Waals surface area contributed by atoms with Crippen molar-refractivity contribution >= 4 is 45.6 Å². The predicted molar refractivity (Wildman–Crippen MR) is 94.7 cm³/mol. The molecule has 7 heteroatoms. The van der Waals surface area contributed by atoms with Crippen molar-refractivity contribution in [3.05, 3.63) is 36.9 Å². The fraction of sp³-hybridized carbons (Fsp3) is 0.312. The van der Waals surface area contributed by atoms with E-state index in [1.54, 1.807) is 0 Å². The van der Waals surface area contributed by atoms with Gasteiger partial charge in [-0.15, -0.1) is 6.58 Å². The average Bonchev–Trinajstić information content (AvgIpc) is 3.10. The first kappa shape index (κ1) is 16.1. The van der Waals surface area contributed by atoms with Crippen LogP contribution in [0, 0.1) is 0 Å². The van der Waals surface area contributed by atoms with Gasteiger partial charge in [-0.1, -0.05) is 41.7 Å². The molecule has 1 aromatic heterocycles. The van der Waals surface area contributed by atoms with E-state index in [0.717, 1.165) is 28.4 Å². The second-order valence-corrected chi connectivity index (χ2v) is 7.19. The number of aromatic nitrogens is 2. The molecule has 5 nitrogen and oxygen atoms in total. The van der Waals surface area contributed by atoms with Crippen LogP contribution in [-0.2, 0) is 16.1 Å². The van der Waals surface area contributed by atoms with Crippen LogP contribution in [0.25, 0.3) is 11.0 Å². The fourth-order valence-electron chi connectivity index (χ4n) is 2.46. The van der Waals surface area contributed by atoms with Gasteiger partial charge in [0.05, 0.1) is 22.8 Å². The molecule has 1 unspecified atom stereocenters. The molecule has 120 valence electrons. The monoisotopic (exact) mass is 347 g/mol. The first-order valence-electron chi connectivity index (χ1n) is 7.34. The largest absolute Gasteiger partial charge is 0.345 e. The third-order valence-electron chi connectivity index (χ3n) is 3.53. The minimum atomic E-state index is -0.333. The van der Waals surface area contributed by atoms with Gasteiger partial charge in [-0.2, -0.15) is 0 Å². The summed E-state index contributed by atoms with van der Waals surface area (Å²) >= 11 is 2.67. The minimum Gasteiger partial charge on any atom is -0.345 e. The average molecular weight is 347 g/mol. The minimum absolute atomic E-state index is 0.0576. The molecule has 2 heterocycles. The molecule has 2 aromatic rings. The molecule has 1 aliphatic rings. The molecule has 0 saturated carbocycles. The van der Waals surface area contributed by atoms with E-state index in [4.69, 9.17) is 0 Å². The van der Waals surface area contributed by atoms with Crippen molar-refractivity contribution in [1.29, 1.82) is 0 Å². The molecule has 0 spiro atoms. The molecule has 1 aromatic carbocycles. The number of fused-ring (bicyclic) bond motifs is 1. The van der Waals surface area contributed by atoms with Gasteiger partial charge in [-0.25, -0.2) is 4.98 Å². The highest BCUT2D eigenvalue weighted by Crippen LogP contribution is 2.24. The number of amides is 1. The van der Waals surface area contributed by atoms with Crippen LogP contribution < -0.4 is 5.32 Å². The molecule has 1 N–H and O–H groups in total. The van der Waals surface area contributed by atoms with E-state index in [-0.39, 0.29) is 22.8 Å². The Morgan fingerprint density at radius 1 is 1.52 bits per heavy atom. The van der Waals surface area contributed by atoms with Crippen molar-refractivity contribution in [2.75, 3.05) is 11.5 Å². The standard InChI is InChI=1S/C16H17N3O2S2/c1-2-8-19-13-6-4-3-5-11(13)18-16(19)23-10-14(20)17-12-7-9-22-15(12)21/h2-6,12H,1,7-10H2,(H,17,20). The molecule has 23 heavy (non-hydrogen) atoms. The molecule has 0 aliphatic carbocycles. The molecule has 0 bridgehead atoms. The molecule has 1 saturated heterocycles. The Kier molecular flexibility index (Phi) is 5.07. The third-order valence-corrected chi connectivity index (χ3v) is 5.52. The summed E-state index contributed by atoms with van der Waals surface area (Å²) in [6, 6.07) is 7.53. The van der Waals surface area contributed by atoms with E-state index < -0.39 is 0 Å². The lowest BCUT2D eigenvalue weighted by molar-refractivity contribution is -0.122. The smallest absolute Gasteiger partial charge is 0.231 e. The zero-order chi connectivity index (χ0) is 16.2. The quantitative estimate of drug-likeness (QED) is 0.642. The molecular weight excluding hydrogens is 330 g/mol. The number of carbonyl (C=O) groups is 2. The maximum atomic E-state index is 12.1. The Hall–Kier alpha value is -1.73. The van der Waals surface area contributed by atoms with Gasteiger partial charge in [-0.3, -0.25) is 9.59 Å². The third kappa shape index (κ3) is 3.61. The number of rotatable bonds is 6. The number of hydrogen-bond donors (Lipinski definition) is 1. The number of benzene rings is 1. The summed E-state index contributed by atoms with van der Waals surface area (Å²) < 4.78 is 2.04. The number of nitrogens with zero attached hydrogens (tertiary/aromatic N) is 2. The van der Waals surface area contributed by atoms with Crippen LogP contribution in [0.2, 0.25) is 0 Å². The topological polar surface area (TPSA) is 64.0 Å². The van der Waals surface area contributed by atoms with Crippen LogP contribution in [0.5, 0.6) is 0 Å². The van der Waals surface area contributed by atoms with Gasteiger partial charge in [0.1, 0.15) is 0 Å². The van der Waals surface area contributed by atoms with Crippen LogP contribution in [0.3, 0.4) is 0 Å². The number of thioether (sulfide) groups is 2. The highest BCUT2D eigenvalue weighted by Gasteiger charge is 2.26. The predicted octanol–water partition coefficient (Wildman–Crippen LogP) is 2.46. The highest BCUT2D eigenvalue weighted by molar-refractivity contribution is 8.14. The lowest BCUT2D eigenvalue weighted by atomic mass is 10.2. The van der Waals surface area contributed by atoms with E-state index >= 15 is 0 Å². The first-order valence-corrected chi connectivity index (χ1v) is 9.31. The van der Waals surface area contributed by atoms with Crippen LogP contribution in [0.1, 0.15) is 6.42 Å². The summed E-state index contributed by atoms with van der Waals surface area (Å²) in [6.07, 6.45) is 2.53.